The van der Waals surface area contributed by atoms with Crippen LogP contribution in [-0.2, 0) is 6.61 Å². The van der Waals surface area contributed by atoms with E-state index in [2.05, 4.69) is 10.2 Å². The number of nitro groups is 1. The van der Waals surface area contributed by atoms with Crippen LogP contribution in [0.5, 0.6) is 5.75 Å². The minimum absolute atomic E-state index is 0.202. The number of hydrogen-bond donors (Lipinski definition) is 0. The summed E-state index contributed by atoms with van der Waals surface area (Å²) < 4.78 is 21.0. The number of thioether (sulfide) groups is 1. The van der Waals surface area contributed by atoms with Gasteiger partial charge in [0.1, 0.15) is 29.2 Å². The standard InChI is InChI=1S/C24H20ClFN4O3S/c1-16-27-28-24(30(16)20-12-8-18(25)9-13-20)34-23(14-29(31)32)21-4-2-3-5-22(21)33-15-17-6-10-19(26)11-7-17/h2-13,23H,14-15H2,1H3/t23-/m1/s1. The minimum atomic E-state index is -0.589. The molecule has 0 unspecified atom stereocenters. The first kappa shape index (κ1) is 23.7. The number of nitrogens with zero attached hydrogens (tertiary/aromatic N) is 4. The Morgan fingerprint density at radius 1 is 1.09 bits per heavy atom. The van der Waals surface area contributed by atoms with Gasteiger partial charge in [0.15, 0.2) is 5.16 Å². The molecule has 4 aromatic rings. The second kappa shape index (κ2) is 10.7. The highest BCUT2D eigenvalue weighted by molar-refractivity contribution is 7.99. The van der Waals surface area contributed by atoms with Crippen molar-refractivity contribution in [2.75, 3.05) is 6.54 Å². The van der Waals surface area contributed by atoms with Crippen molar-refractivity contribution in [3.63, 3.8) is 0 Å². The first-order chi connectivity index (χ1) is 16.4. The average Bonchev–Trinajstić information content (AvgIpc) is 3.18. The number of rotatable bonds is 9. The molecule has 0 fully saturated rings. The molecule has 0 aliphatic carbocycles. The van der Waals surface area contributed by atoms with Crippen LogP contribution in [0.2, 0.25) is 5.02 Å². The highest BCUT2D eigenvalue weighted by atomic mass is 35.5. The van der Waals surface area contributed by atoms with E-state index >= 15 is 0 Å². The average molecular weight is 499 g/mol. The molecule has 0 bridgehead atoms. The minimum Gasteiger partial charge on any atom is -0.489 e. The van der Waals surface area contributed by atoms with Gasteiger partial charge < -0.3 is 4.74 Å². The summed E-state index contributed by atoms with van der Waals surface area (Å²) in [5.74, 6) is 0.831. The number of benzene rings is 3. The molecule has 0 saturated carbocycles. The molecule has 3 aromatic carbocycles. The Kier molecular flexibility index (Phi) is 7.44. The predicted molar refractivity (Wildman–Crippen MR) is 129 cm³/mol. The van der Waals surface area contributed by atoms with E-state index in [9.17, 15) is 14.5 Å². The summed E-state index contributed by atoms with van der Waals surface area (Å²) in [6.07, 6.45) is 0. The lowest BCUT2D eigenvalue weighted by Crippen LogP contribution is -2.12. The third-order valence-corrected chi connectivity index (χ3v) is 6.43. The summed E-state index contributed by atoms with van der Waals surface area (Å²) in [6, 6.07) is 20.4. The van der Waals surface area contributed by atoms with E-state index in [-0.39, 0.29) is 23.9 Å². The maximum Gasteiger partial charge on any atom is 0.220 e. The molecule has 0 N–H and O–H groups in total. The normalized spacial score (nSPS) is 11.9. The van der Waals surface area contributed by atoms with E-state index in [1.807, 2.05) is 29.7 Å². The van der Waals surface area contributed by atoms with Crippen LogP contribution in [0.25, 0.3) is 5.69 Å². The molecule has 0 saturated heterocycles. The quantitative estimate of drug-likeness (QED) is 0.158. The molecule has 174 valence electrons. The number of ether oxygens (including phenoxy) is 1. The molecule has 4 rings (SSSR count). The van der Waals surface area contributed by atoms with Gasteiger partial charge in [-0.15, -0.1) is 10.2 Å². The molecule has 1 heterocycles. The summed E-state index contributed by atoms with van der Waals surface area (Å²) in [6.45, 7) is 1.68. The van der Waals surface area contributed by atoms with E-state index in [1.165, 1.54) is 23.9 Å². The highest BCUT2D eigenvalue weighted by Crippen LogP contribution is 2.40. The molecule has 1 aromatic heterocycles. The van der Waals surface area contributed by atoms with Crippen LogP contribution in [0, 0.1) is 22.9 Å². The summed E-state index contributed by atoms with van der Waals surface area (Å²) >= 11 is 7.26. The van der Waals surface area contributed by atoms with Gasteiger partial charge in [0.2, 0.25) is 6.54 Å². The Labute approximate surface area is 204 Å². The van der Waals surface area contributed by atoms with E-state index < -0.39 is 5.25 Å². The van der Waals surface area contributed by atoms with Crippen molar-refractivity contribution in [2.24, 2.45) is 0 Å². The number of para-hydroxylation sites is 1. The van der Waals surface area contributed by atoms with Gasteiger partial charge in [-0.25, -0.2) is 4.39 Å². The molecule has 0 aliphatic heterocycles. The highest BCUT2D eigenvalue weighted by Gasteiger charge is 2.26. The van der Waals surface area contributed by atoms with Crippen LogP contribution >= 0.6 is 23.4 Å². The molecule has 7 nitrogen and oxygen atoms in total. The second-order valence-electron chi connectivity index (χ2n) is 7.42. The Hall–Kier alpha value is -3.43. The fourth-order valence-electron chi connectivity index (χ4n) is 3.39. The van der Waals surface area contributed by atoms with Crippen LogP contribution in [0.15, 0.2) is 78.0 Å². The summed E-state index contributed by atoms with van der Waals surface area (Å²) in [5, 5.41) is 20.5. The van der Waals surface area contributed by atoms with Crippen LogP contribution in [0.1, 0.15) is 22.2 Å². The van der Waals surface area contributed by atoms with Gasteiger partial charge >= 0.3 is 0 Å². The first-order valence-electron chi connectivity index (χ1n) is 10.3. The third kappa shape index (κ3) is 5.73. The maximum atomic E-state index is 13.2. The Morgan fingerprint density at radius 3 is 2.50 bits per heavy atom. The number of halogens is 2. The van der Waals surface area contributed by atoms with Crippen molar-refractivity contribution in [2.45, 2.75) is 23.9 Å². The number of hydrogen-bond acceptors (Lipinski definition) is 6. The van der Waals surface area contributed by atoms with E-state index in [0.29, 0.717) is 27.3 Å². The SMILES string of the molecule is Cc1nnc(S[C@H](C[N+](=O)[O-])c2ccccc2OCc2ccc(F)cc2)n1-c1ccc(Cl)cc1. The van der Waals surface area contributed by atoms with Crippen molar-refractivity contribution >= 4 is 23.4 Å². The number of aromatic nitrogens is 3. The maximum absolute atomic E-state index is 13.2. The third-order valence-electron chi connectivity index (χ3n) is 5.02. The van der Waals surface area contributed by atoms with Crippen molar-refractivity contribution < 1.29 is 14.1 Å². The summed E-state index contributed by atoms with van der Waals surface area (Å²) in [5.41, 5.74) is 2.25. The summed E-state index contributed by atoms with van der Waals surface area (Å²) in [4.78, 5) is 11.2. The summed E-state index contributed by atoms with van der Waals surface area (Å²) in [7, 11) is 0. The van der Waals surface area contributed by atoms with Gasteiger partial charge in [-0.1, -0.05) is 53.7 Å². The number of aryl methyl sites for hydroxylation is 1. The topological polar surface area (TPSA) is 83.1 Å². The van der Waals surface area contributed by atoms with Crippen molar-refractivity contribution in [3.8, 4) is 11.4 Å². The Balaban J connectivity index is 1.63. The Morgan fingerprint density at radius 2 is 1.79 bits per heavy atom. The largest absolute Gasteiger partial charge is 0.489 e. The van der Waals surface area contributed by atoms with Gasteiger partial charge in [0.25, 0.3) is 0 Å². The molecule has 34 heavy (non-hydrogen) atoms. The van der Waals surface area contributed by atoms with E-state index in [4.69, 9.17) is 16.3 Å². The molecule has 0 amide bonds. The molecule has 0 radical (unpaired) electrons. The monoisotopic (exact) mass is 498 g/mol. The van der Waals surface area contributed by atoms with E-state index in [1.54, 1.807) is 42.5 Å². The smallest absolute Gasteiger partial charge is 0.220 e. The molecule has 0 spiro atoms. The van der Waals surface area contributed by atoms with Crippen LogP contribution < -0.4 is 4.74 Å². The van der Waals surface area contributed by atoms with Gasteiger partial charge in [-0.2, -0.15) is 0 Å². The molecule has 10 heteroatoms. The van der Waals surface area contributed by atoms with Crippen LogP contribution in [0.3, 0.4) is 0 Å². The van der Waals surface area contributed by atoms with Gasteiger partial charge in [0, 0.05) is 21.2 Å². The fourth-order valence-corrected chi connectivity index (χ4v) is 4.72. The van der Waals surface area contributed by atoms with Gasteiger partial charge in [-0.05, 0) is 55.0 Å². The van der Waals surface area contributed by atoms with E-state index in [0.717, 1.165) is 11.3 Å². The first-order valence-corrected chi connectivity index (χ1v) is 11.6. The zero-order valence-corrected chi connectivity index (χ0v) is 19.7. The van der Waals surface area contributed by atoms with Crippen LogP contribution in [-0.4, -0.2) is 26.2 Å². The van der Waals surface area contributed by atoms with Crippen LogP contribution in [0.4, 0.5) is 4.39 Å². The molecular formula is C24H20ClFN4O3S. The molecule has 0 aliphatic rings. The lowest BCUT2D eigenvalue weighted by molar-refractivity contribution is -0.479. The van der Waals surface area contributed by atoms with Crippen molar-refractivity contribution in [3.05, 3.63) is 111 Å². The molecular weight excluding hydrogens is 479 g/mol. The van der Waals surface area contributed by atoms with Crippen molar-refractivity contribution in [1.29, 1.82) is 0 Å². The lowest BCUT2D eigenvalue weighted by atomic mass is 10.1. The second-order valence-corrected chi connectivity index (χ2v) is 9.02. The zero-order valence-electron chi connectivity index (χ0n) is 18.1. The zero-order chi connectivity index (χ0) is 24.1. The lowest BCUT2D eigenvalue weighted by Gasteiger charge is -2.18. The molecule has 1 atom stereocenters. The fraction of sp³-hybridized carbons (Fsp3) is 0.167. The predicted octanol–water partition coefficient (Wildman–Crippen LogP) is 6.06. The Bertz CT molecular complexity index is 1280. The van der Waals surface area contributed by atoms with Gasteiger partial charge in [-0.3, -0.25) is 14.7 Å². The van der Waals surface area contributed by atoms with Gasteiger partial charge in [0.05, 0.1) is 0 Å². The van der Waals surface area contributed by atoms with Crippen molar-refractivity contribution in [1.82, 2.24) is 14.8 Å².